The summed E-state index contributed by atoms with van der Waals surface area (Å²) in [6, 6.07) is 0. The summed E-state index contributed by atoms with van der Waals surface area (Å²) in [7, 11) is 0. The Morgan fingerprint density at radius 2 is 1.35 bits per heavy atom. The SMILES string of the molecule is CCC(C(=O)C(C)C)C(CC)C(=O)C(C)(C)C. The molecule has 2 heteroatoms. The summed E-state index contributed by atoms with van der Waals surface area (Å²) < 4.78 is 0. The predicted molar refractivity (Wildman–Crippen MR) is 71.9 cm³/mol. The molecule has 0 aromatic heterocycles. The Kier molecular flexibility index (Phi) is 6.08. The molecule has 2 unspecified atom stereocenters. The number of hydrogen-bond donors (Lipinski definition) is 0. The molecule has 0 aliphatic rings. The van der Waals surface area contributed by atoms with Crippen molar-refractivity contribution in [2.24, 2.45) is 23.2 Å². The zero-order valence-corrected chi connectivity index (χ0v) is 12.5. The Morgan fingerprint density at radius 1 is 0.941 bits per heavy atom. The molecule has 0 spiro atoms. The summed E-state index contributed by atoms with van der Waals surface area (Å²) in [6.45, 7) is 13.6. The van der Waals surface area contributed by atoms with Crippen molar-refractivity contribution in [3.63, 3.8) is 0 Å². The second-order valence-electron chi connectivity index (χ2n) is 6.20. The molecule has 0 saturated heterocycles. The van der Waals surface area contributed by atoms with Gasteiger partial charge in [0.1, 0.15) is 11.6 Å². The normalized spacial score (nSPS) is 15.8. The van der Waals surface area contributed by atoms with Crippen LogP contribution in [0.1, 0.15) is 61.3 Å². The van der Waals surface area contributed by atoms with Crippen molar-refractivity contribution in [2.45, 2.75) is 61.3 Å². The van der Waals surface area contributed by atoms with Crippen LogP contribution in [0.25, 0.3) is 0 Å². The molecule has 17 heavy (non-hydrogen) atoms. The molecule has 0 N–H and O–H groups in total. The van der Waals surface area contributed by atoms with Gasteiger partial charge >= 0.3 is 0 Å². The Bertz CT molecular complexity index is 271. The maximum absolute atomic E-state index is 12.4. The fraction of sp³-hybridized carbons (Fsp3) is 0.867. The number of rotatable bonds is 6. The highest BCUT2D eigenvalue weighted by Gasteiger charge is 2.36. The molecule has 0 heterocycles. The molecule has 0 aromatic carbocycles. The lowest BCUT2D eigenvalue weighted by atomic mass is 9.72. The van der Waals surface area contributed by atoms with E-state index in [-0.39, 0.29) is 34.7 Å². The number of carbonyl (C=O) groups is 2. The second kappa shape index (κ2) is 6.32. The highest BCUT2D eigenvalue weighted by atomic mass is 16.1. The van der Waals surface area contributed by atoms with Gasteiger partial charge in [-0.3, -0.25) is 9.59 Å². The molecule has 0 amide bonds. The van der Waals surface area contributed by atoms with E-state index in [2.05, 4.69) is 0 Å². The molecule has 0 radical (unpaired) electrons. The number of carbonyl (C=O) groups excluding carboxylic acids is 2. The van der Waals surface area contributed by atoms with Gasteiger partial charge in [-0.05, 0) is 12.8 Å². The van der Waals surface area contributed by atoms with E-state index in [4.69, 9.17) is 0 Å². The topological polar surface area (TPSA) is 34.1 Å². The van der Waals surface area contributed by atoms with Crippen LogP contribution in [0.15, 0.2) is 0 Å². The fourth-order valence-corrected chi connectivity index (χ4v) is 2.32. The highest BCUT2D eigenvalue weighted by molar-refractivity contribution is 5.92. The summed E-state index contributed by atoms with van der Waals surface area (Å²) in [4.78, 5) is 24.5. The van der Waals surface area contributed by atoms with Crippen LogP contribution in [0, 0.1) is 23.2 Å². The van der Waals surface area contributed by atoms with Crippen LogP contribution in [-0.4, -0.2) is 11.6 Å². The molecule has 0 saturated carbocycles. The first-order chi connectivity index (χ1) is 7.66. The molecule has 0 aliphatic heterocycles. The largest absolute Gasteiger partial charge is 0.299 e. The van der Waals surface area contributed by atoms with E-state index in [1.165, 1.54) is 0 Å². The third-order valence-electron chi connectivity index (χ3n) is 3.38. The van der Waals surface area contributed by atoms with Gasteiger partial charge in [-0.1, -0.05) is 48.5 Å². The van der Waals surface area contributed by atoms with Gasteiger partial charge < -0.3 is 0 Å². The quantitative estimate of drug-likeness (QED) is 0.706. The van der Waals surface area contributed by atoms with E-state index in [0.29, 0.717) is 0 Å². The number of ketones is 2. The van der Waals surface area contributed by atoms with E-state index in [0.717, 1.165) is 12.8 Å². The van der Waals surface area contributed by atoms with E-state index < -0.39 is 0 Å². The molecule has 2 nitrogen and oxygen atoms in total. The van der Waals surface area contributed by atoms with Crippen molar-refractivity contribution >= 4 is 11.6 Å². The minimum absolute atomic E-state index is 0.0155. The zero-order valence-electron chi connectivity index (χ0n) is 12.5. The lowest BCUT2D eigenvalue weighted by Gasteiger charge is -2.30. The molecule has 0 aromatic rings. The summed E-state index contributed by atoms with van der Waals surface area (Å²) in [6.07, 6.45) is 1.52. The van der Waals surface area contributed by atoms with Gasteiger partial charge in [0.15, 0.2) is 0 Å². The van der Waals surface area contributed by atoms with Crippen molar-refractivity contribution < 1.29 is 9.59 Å². The van der Waals surface area contributed by atoms with Crippen molar-refractivity contribution in [1.29, 1.82) is 0 Å². The molecule has 0 aliphatic carbocycles. The van der Waals surface area contributed by atoms with Gasteiger partial charge in [-0.15, -0.1) is 0 Å². The molecular weight excluding hydrogens is 212 g/mol. The molecule has 100 valence electrons. The fourth-order valence-electron chi connectivity index (χ4n) is 2.32. The van der Waals surface area contributed by atoms with E-state index >= 15 is 0 Å². The van der Waals surface area contributed by atoms with Gasteiger partial charge in [-0.25, -0.2) is 0 Å². The van der Waals surface area contributed by atoms with Crippen LogP contribution in [0.2, 0.25) is 0 Å². The first-order valence-electron chi connectivity index (χ1n) is 6.74. The van der Waals surface area contributed by atoms with E-state index in [1.807, 2.05) is 48.5 Å². The van der Waals surface area contributed by atoms with Crippen molar-refractivity contribution in [3.05, 3.63) is 0 Å². The van der Waals surface area contributed by atoms with Crippen molar-refractivity contribution in [2.75, 3.05) is 0 Å². The molecule has 0 fully saturated rings. The standard InChI is InChI=1S/C15H28O2/c1-8-11(13(16)10(3)4)12(9-2)14(17)15(5,6)7/h10-12H,8-9H2,1-7H3. The van der Waals surface area contributed by atoms with Crippen LogP contribution < -0.4 is 0 Å². The Balaban J connectivity index is 5.08. The van der Waals surface area contributed by atoms with Gasteiger partial charge in [0.25, 0.3) is 0 Å². The zero-order chi connectivity index (χ0) is 13.8. The lowest BCUT2D eigenvalue weighted by molar-refractivity contribution is -0.138. The molecule has 0 rings (SSSR count). The smallest absolute Gasteiger partial charge is 0.141 e. The highest BCUT2D eigenvalue weighted by Crippen LogP contribution is 2.31. The van der Waals surface area contributed by atoms with Crippen LogP contribution in [0.4, 0.5) is 0 Å². The minimum atomic E-state index is -0.356. The first-order valence-corrected chi connectivity index (χ1v) is 6.74. The van der Waals surface area contributed by atoms with Crippen molar-refractivity contribution in [3.8, 4) is 0 Å². The van der Waals surface area contributed by atoms with E-state index in [9.17, 15) is 9.59 Å². The lowest BCUT2D eigenvalue weighted by Crippen LogP contribution is -2.37. The second-order valence-corrected chi connectivity index (χ2v) is 6.20. The Hall–Kier alpha value is -0.660. The van der Waals surface area contributed by atoms with Crippen LogP contribution in [0.5, 0.6) is 0 Å². The van der Waals surface area contributed by atoms with Crippen LogP contribution >= 0.6 is 0 Å². The minimum Gasteiger partial charge on any atom is -0.299 e. The third-order valence-corrected chi connectivity index (χ3v) is 3.38. The first kappa shape index (κ1) is 16.3. The summed E-state index contributed by atoms with van der Waals surface area (Å²) in [5.41, 5.74) is -0.356. The Labute approximate surface area is 106 Å². The third kappa shape index (κ3) is 4.25. The van der Waals surface area contributed by atoms with Crippen LogP contribution in [0.3, 0.4) is 0 Å². The molecule has 0 bridgehead atoms. The van der Waals surface area contributed by atoms with Crippen molar-refractivity contribution in [1.82, 2.24) is 0 Å². The Morgan fingerprint density at radius 3 is 1.59 bits per heavy atom. The van der Waals surface area contributed by atoms with Gasteiger partial charge in [0, 0.05) is 23.2 Å². The average molecular weight is 240 g/mol. The predicted octanol–water partition coefficient (Wildman–Crippen LogP) is 3.88. The maximum atomic E-state index is 12.4. The van der Waals surface area contributed by atoms with Gasteiger partial charge in [0.05, 0.1) is 0 Å². The van der Waals surface area contributed by atoms with Gasteiger partial charge in [0.2, 0.25) is 0 Å². The van der Waals surface area contributed by atoms with E-state index in [1.54, 1.807) is 0 Å². The monoisotopic (exact) mass is 240 g/mol. The molecular formula is C15H28O2. The summed E-state index contributed by atoms with van der Waals surface area (Å²) >= 11 is 0. The van der Waals surface area contributed by atoms with Crippen LogP contribution in [-0.2, 0) is 9.59 Å². The molecule has 2 atom stereocenters. The summed E-state index contributed by atoms with van der Waals surface area (Å²) in [5.74, 6) is 0.251. The number of Topliss-reactive ketones (excluding diaryl/α,β-unsaturated/α-hetero) is 2. The van der Waals surface area contributed by atoms with Gasteiger partial charge in [-0.2, -0.15) is 0 Å². The average Bonchev–Trinajstić information content (AvgIpc) is 2.22. The maximum Gasteiger partial charge on any atom is 0.141 e. The summed E-state index contributed by atoms with van der Waals surface area (Å²) in [5, 5.41) is 0. The number of hydrogen-bond acceptors (Lipinski definition) is 2.